The van der Waals surface area contributed by atoms with Crippen LogP contribution in [0.3, 0.4) is 0 Å². The van der Waals surface area contributed by atoms with Gasteiger partial charge in [-0.2, -0.15) is 0 Å². The predicted octanol–water partition coefficient (Wildman–Crippen LogP) is 2.75. The third kappa shape index (κ3) is 3.03. The van der Waals surface area contributed by atoms with Crippen LogP contribution in [0.5, 0.6) is 0 Å². The predicted molar refractivity (Wildman–Crippen MR) is 80.1 cm³/mol. The summed E-state index contributed by atoms with van der Waals surface area (Å²) in [7, 11) is 0. The van der Waals surface area contributed by atoms with E-state index in [0.29, 0.717) is 18.8 Å². The lowest BCUT2D eigenvalue weighted by Gasteiger charge is -2.11. The molecule has 1 fully saturated rings. The molecule has 0 saturated carbocycles. The van der Waals surface area contributed by atoms with Crippen molar-refractivity contribution in [2.45, 2.75) is 6.92 Å². The average Bonchev–Trinajstić information content (AvgIpc) is 2.92. The van der Waals surface area contributed by atoms with Crippen LogP contribution in [0, 0.1) is 18.8 Å². The van der Waals surface area contributed by atoms with E-state index >= 15 is 0 Å². The van der Waals surface area contributed by atoms with Crippen molar-refractivity contribution in [3.05, 3.63) is 59.4 Å². The number of hydrogen-bond acceptors (Lipinski definition) is 3. The van der Waals surface area contributed by atoms with E-state index in [0.717, 1.165) is 11.1 Å². The number of amides is 1. The summed E-state index contributed by atoms with van der Waals surface area (Å²) in [4.78, 5) is 17.2. The number of hydrogen-bond donors (Lipinski definition) is 0. The zero-order valence-corrected chi connectivity index (χ0v) is 11.7. The summed E-state index contributed by atoms with van der Waals surface area (Å²) in [5, 5.41) is 0. The van der Waals surface area contributed by atoms with Crippen molar-refractivity contribution in [2.24, 2.45) is 0 Å². The molecule has 21 heavy (non-hydrogen) atoms. The number of benzene rings is 1. The van der Waals surface area contributed by atoms with E-state index in [-0.39, 0.29) is 6.09 Å². The number of carbonyl (C=O) groups excluding carboxylic acids is 1. The van der Waals surface area contributed by atoms with Crippen LogP contribution in [-0.2, 0) is 4.74 Å². The van der Waals surface area contributed by atoms with E-state index in [1.165, 1.54) is 5.56 Å². The molecule has 3 rings (SSSR count). The highest BCUT2D eigenvalue weighted by Gasteiger charge is 2.23. The Morgan fingerprint density at radius 2 is 2.05 bits per heavy atom. The van der Waals surface area contributed by atoms with Crippen molar-refractivity contribution >= 4 is 11.8 Å². The molecule has 1 aliphatic heterocycles. The fourth-order valence-corrected chi connectivity index (χ4v) is 2.14. The first-order chi connectivity index (χ1) is 10.2. The van der Waals surface area contributed by atoms with Crippen molar-refractivity contribution in [3.63, 3.8) is 0 Å². The number of cyclic esters (lactones) is 1. The lowest BCUT2D eigenvalue weighted by atomic mass is 10.1. The zero-order valence-electron chi connectivity index (χ0n) is 11.7. The van der Waals surface area contributed by atoms with Gasteiger partial charge in [0.1, 0.15) is 6.61 Å². The number of anilines is 1. The summed E-state index contributed by atoms with van der Waals surface area (Å²) in [6.45, 7) is 3.00. The Labute approximate surface area is 123 Å². The Bertz CT molecular complexity index is 744. The monoisotopic (exact) mass is 278 g/mol. The minimum Gasteiger partial charge on any atom is -0.447 e. The van der Waals surface area contributed by atoms with Gasteiger partial charge >= 0.3 is 6.09 Å². The summed E-state index contributed by atoms with van der Waals surface area (Å²) in [6, 6.07) is 9.86. The van der Waals surface area contributed by atoms with Gasteiger partial charge in [0.05, 0.1) is 18.4 Å². The van der Waals surface area contributed by atoms with Crippen molar-refractivity contribution in [1.29, 1.82) is 0 Å². The maximum Gasteiger partial charge on any atom is 0.414 e. The van der Waals surface area contributed by atoms with Crippen molar-refractivity contribution < 1.29 is 9.53 Å². The van der Waals surface area contributed by atoms with E-state index in [2.05, 4.69) is 16.8 Å². The SMILES string of the molecule is Cc1cccc(C#Cc2cncc(N3CCOC3=O)c2)c1. The summed E-state index contributed by atoms with van der Waals surface area (Å²) < 4.78 is 4.93. The first-order valence-electron chi connectivity index (χ1n) is 6.70. The third-order valence-electron chi connectivity index (χ3n) is 3.17. The van der Waals surface area contributed by atoms with Crippen LogP contribution in [0.2, 0.25) is 0 Å². The highest BCUT2D eigenvalue weighted by molar-refractivity contribution is 5.89. The molecular weight excluding hydrogens is 264 g/mol. The van der Waals surface area contributed by atoms with Gasteiger partial charge in [-0.15, -0.1) is 0 Å². The Hall–Kier alpha value is -2.80. The highest BCUT2D eigenvalue weighted by Crippen LogP contribution is 2.18. The first kappa shape index (κ1) is 13.2. The maximum absolute atomic E-state index is 11.5. The van der Waals surface area contributed by atoms with E-state index in [4.69, 9.17) is 4.74 Å². The summed E-state index contributed by atoms with van der Waals surface area (Å²) in [5.41, 5.74) is 3.62. The quantitative estimate of drug-likeness (QED) is 0.753. The Morgan fingerprint density at radius 1 is 1.19 bits per heavy atom. The molecule has 1 aromatic heterocycles. The van der Waals surface area contributed by atoms with Gasteiger partial charge in [0.15, 0.2) is 0 Å². The van der Waals surface area contributed by atoms with Crippen LogP contribution in [0.4, 0.5) is 10.5 Å². The largest absolute Gasteiger partial charge is 0.447 e. The molecule has 4 nitrogen and oxygen atoms in total. The van der Waals surface area contributed by atoms with Gasteiger partial charge in [-0.05, 0) is 30.7 Å². The molecule has 2 heterocycles. The summed E-state index contributed by atoms with van der Waals surface area (Å²) in [5.74, 6) is 6.18. The van der Waals surface area contributed by atoms with Crippen LogP contribution in [0.15, 0.2) is 42.7 Å². The molecule has 1 saturated heterocycles. The molecule has 0 aliphatic carbocycles. The molecule has 104 valence electrons. The van der Waals surface area contributed by atoms with Crippen LogP contribution in [-0.4, -0.2) is 24.2 Å². The molecule has 1 amide bonds. The van der Waals surface area contributed by atoms with Crippen molar-refractivity contribution in [2.75, 3.05) is 18.1 Å². The zero-order chi connectivity index (χ0) is 14.7. The average molecular weight is 278 g/mol. The van der Waals surface area contributed by atoms with E-state index in [1.54, 1.807) is 17.3 Å². The molecule has 0 spiro atoms. The number of nitrogens with zero attached hydrogens (tertiary/aromatic N) is 2. The lowest BCUT2D eigenvalue weighted by molar-refractivity contribution is 0.181. The normalized spacial score (nSPS) is 13.6. The molecule has 0 N–H and O–H groups in total. The first-order valence-corrected chi connectivity index (χ1v) is 6.70. The molecule has 4 heteroatoms. The van der Waals surface area contributed by atoms with Crippen molar-refractivity contribution in [3.8, 4) is 11.8 Å². The van der Waals surface area contributed by atoms with Gasteiger partial charge in [0, 0.05) is 17.3 Å². The van der Waals surface area contributed by atoms with E-state index in [9.17, 15) is 4.79 Å². The standard InChI is InChI=1S/C17H14N2O2/c1-13-3-2-4-14(9-13)5-6-15-10-16(12-18-11-15)19-7-8-21-17(19)20/h2-4,9-12H,7-8H2,1H3. The fourth-order valence-electron chi connectivity index (χ4n) is 2.14. The minimum absolute atomic E-state index is 0.333. The van der Waals surface area contributed by atoms with Gasteiger partial charge < -0.3 is 4.74 Å². The molecular formula is C17H14N2O2. The summed E-state index contributed by atoms with van der Waals surface area (Å²) >= 11 is 0. The number of carbonyl (C=O) groups is 1. The Morgan fingerprint density at radius 3 is 2.81 bits per heavy atom. The van der Waals surface area contributed by atoms with Gasteiger partial charge in [-0.1, -0.05) is 24.0 Å². The second kappa shape index (κ2) is 5.68. The molecule has 0 unspecified atom stereocenters. The van der Waals surface area contributed by atoms with Crippen LogP contribution < -0.4 is 4.90 Å². The lowest BCUT2D eigenvalue weighted by Crippen LogP contribution is -2.23. The Balaban J connectivity index is 1.86. The number of pyridine rings is 1. The molecule has 0 bridgehead atoms. The van der Waals surface area contributed by atoms with Gasteiger partial charge in [0.25, 0.3) is 0 Å². The number of aryl methyl sites for hydroxylation is 1. The Kier molecular flexibility index (Phi) is 3.57. The van der Waals surface area contributed by atoms with Crippen molar-refractivity contribution in [1.82, 2.24) is 4.98 Å². The second-order valence-electron chi connectivity index (χ2n) is 4.82. The molecule has 2 aromatic rings. The number of rotatable bonds is 1. The molecule has 0 radical (unpaired) electrons. The fraction of sp³-hybridized carbons (Fsp3) is 0.176. The van der Waals surface area contributed by atoms with Crippen LogP contribution in [0.1, 0.15) is 16.7 Å². The van der Waals surface area contributed by atoms with E-state index < -0.39 is 0 Å². The molecule has 1 aliphatic rings. The van der Waals surface area contributed by atoms with Crippen LogP contribution >= 0.6 is 0 Å². The molecule has 1 aromatic carbocycles. The van der Waals surface area contributed by atoms with Gasteiger partial charge in [-0.3, -0.25) is 9.88 Å². The topological polar surface area (TPSA) is 42.4 Å². The van der Waals surface area contributed by atoms with E-state index in [1.807, 2.05) is 37.3 Å². The molecule has 0 atom stereocenters. The smallest absolute Gasteiger partial charge is 0.414 e. The third-order valence-corrected chi connectivity index (χ3v) is 3.17. The second-order valence-corrected chi connectivity index (χ2v) is 4.82. The maximum atomic E-state index is 11.5. The summed E-state index contributed by atoms with van der Waals surface area (Å²) in [6.07, 6.45) is 3.00. The van der Waals surface area contributed by atoms with Gasteiger partial charge in [-0.25, -0.2) is 4.79 Å². The van der Waals surface area contributed by atoms with Gasteiger partial charge in [0.2, 0.25) is 0 Å². The number of aromatic nitrogens is 1. The minimum atomic E-state index is -0.333. The number of ether oxygens (including phenoxy) is 1. The van der Waals surface area contributed by atoms with Crippen LogP contribution in [0.25, 0.3) is 0 Å². The highest BCUT2D eigenvalue weighted by atomic mass is 16.6.